The van der Waals surface area contributed by atoms with Gasteiger partial charge >= 0.3 is 0 Å². The van der Waals surface area contributed by atoms with Crippen LogP contribution in [0.1, 0.15) is 35.9 Å². The average Bonchev–Trinajstić information content (AvgIpc) is 3.04. The molecule has 2 atom stereocenters. The molecule has 2 aromatic rings. The Morgan fingerprint density at radius 2 is 2.00 bits per heavy atom. The highest BCUT2D eigenvalue weighted by Gasteiger charge is 2.40. The Bertz CT molecular complexity index is 745. The van der Waals surface area contributed by atoms with Gasteiger partial charge in [-0.25, -0.2) is 4.98 Å². The minimum absolute atomic E-state index is 0.00506. The first-order valence-electron chi connectivity index (χ1n) is 8.94. The van der Waals surface area contributed by atoms with Crippen LogP contribution in [0.25, 0.3) is 0 Å². The van der Waals surface area contributed by atoms with Crippen molar-refractivity contribution < 1.29 is 9.53 Å². The summed E-state index contributed by atoms with van der Waals surface area (Å²) in [7, 11) is 0. The molecule has 0 saturated carbocycles. The highest BCUT2D eigenvalue weighted by molar-refractivity contribution is 5.94. The summed E-state index contributed by atoms with van der Waals surface area (Å²) < 4.78 is 5.68. The third-order valence-electron chi connectivity index (χ3n) is 5.50. The Kier molecular flexibility index (Phi) is 4.21. The van der Waals surface area contributed by atoms with E-state index in [1.807, 2.05) is 19.1 Å². The van der Waals surface area contributed by atoms with Gasteiger partial charge in [-0.3, -0.25) is 9.69 Å². The van der Waals surface area contributed by atoms with Crippen LogP contribution in [0.15, 0.2) is 30.5 Å². The van der Waals surface area contributed by atoms with Crippen molar-refractivity contribution in [3.8, 4) is 11.6 Å². The molecule has 2 bridgehead atoms. The Balaban J connectivity index is 1.40. The van der Waals surface area contributed by atoms with Gasteiger partial charge in [0.15, 0.2) is 0 Å². The van der Waals surface area contributed by atoms with Crippen molar-refractivity contribution in [3.05, 3.63) is 41.9 Å². The molecule has 5 rings (SSSR count). The molecule has 0 radical (unpaired) electrons. The van der Waals surface area contributed by atoms with Crippen LogP contribution in [-0.2, 0) is 0 Å². The summed E-state index contributed by atoms with van der Waals surface area (Å²) >= 11 is 0. The van der Waals surface area contributed by atoms with Crippen LogP contribution >= 0.6 is 0 Å². The Morgan fingerprint density at radius 1 is 1.28 bits per heavy atom. The Morgan fingerprint density at radius 3 is 2.60 bits per heavy atom. The lowest BCUT2D eigenvalue weighted by Gasteiger charge is -2.49. The van der Waals surface area contributed by atoms with Crippen LogP contribution in [0, 0.1) is 12.8 Å². The minimum atomic E-state index is -0.00506. The summed E-state index contributed by atoms with van der Waals surface area (Å²) in [5.41, 5.74) is 0.664. The third kappa shape index (κ3) is 3.26. The van der Waals surface area contributed by atoms with Crippen molar-refractivity contribution in [1.82, 2.24) is 20.2 Å². The molecule has 1 aromatic heterocycles. The van der Waals surface area contributed by atoms with E-state index in [2.05, 4.69) is 27.1 Å². The number of hydrogen-bond acceptors (Lipinski definition) is 4. The van der Waals surface area contributed by atoms with Crippen LogP contribution in [0.5, 0.6) is 11.6 Å². The number of ether oxygens (including phenoxy) is 1. The SMILES string of the molecule is Cc1ncc(Oc2ccc(C(=O)N[C@@H]3C4CCN(CC4)[C@@H]3C)cc2)[nH]1. The number of rotatable bonds is 4. The summed E-state index contributed by atoms with van der Waals surface area (Å²) in [6.45, 7) is 6.42. The normalized spacial score (nSPS) is 27.9. The van der Waals surface area contributed by atoms with Crippen molar-refractivity contribution >= 4 is 5.91 Å². The molecule has 0 unspecified atom stereocenters. The molecule has 0 aliphatic carbocycles. The van der Waals surface area contributed by atoms with E-state index in [1.54, 1.807) is 18.3 Å². The Hall–Kier alpha value is -2.34. The number of carbonyl (C=O) groups excluding carboxylic acids is 1. The van der Waals surface area contributed by atoms with Crippen LogP contribution < -0.4 is 10.1 Å². The second-order valence-electron chi connectivity index (χ2n) is 7.07. The van der Waals surface area contributed by atoms with Gasteiger partial charge in [-0.2, -0.15) is 0 Å². The number of benzene rings is 1. The van der Waals surface area contributed by atoms with Crippen LogP contribution in [-0.4, -0.2) is 45.9 Å². The maximum Gasteiger partial charge on any atom is 0.251 e. The lowest BCUT2D eigenvalue weighted by molar-refractivity contribution is 0.0217. The fourth-order valence-electron chi connectivity index (χ4n) is 4.03. The van der Waals surface area contributed by atoms with Gasteiger partial charge < -0.3 is 15.0 Å². The van der Waals surface area contributed by atoms with Gasteiger partial charge in [0.05, 0.1) is 6.20 Å². The van der Waals surface area contributed by atoms with Crippen molar-refractivity contribution in [3.63, 3.8) is 0 Å². The average molecular weight is 340 g/mol. The number of nitrogens with zero attached hydrogens (tertiary/aromatic N) is 2. The van der Waals surface area contributed by atoms with Crippen LogP contribution in [0.2, 0.25) is 0 Å². The van der Waals surface area contributed by atoms with Crippen molar-refractivity contribution in [2.45, 2.75) is 38.8 Å². The summed E-state index contributed by atoms with van der Waals surface area (Å²) in [5, 5.41) is 3.25. The maximum atomic E-state index is 12.6. The molecule has 25 heavy (non-hydrogen) atoms. The molecular weight excluding hydrogens is 316 g/mol. The van der Waals surface area contributed by atoms with Gasteiger partial charge in [0, 0.05) is 17.6 Å². The highest BCUT2D eigenvalue weighted by Crippen LogP contribution is 2.32. The van der Waals surface area contributed by atoms with E-state index >= 15 is 0 Å². The standard InChI is InChI=1S/C19H24N4O2/c1-12-18(14-7-9-23(12)10-8-14)22-19(24)15-3-5-16(6-4-15)25-17-11-20-13(2)21-17/h3-6,11-12,14,18H,7-10H2,1-2H3,(H,20,21)(H,22,24)/t12-,18+/m1/s1. The van der Waals surface area contributed by atoms with Crippen LogP contribution in [0.3, 0.4) is 0 Å². The first-order chi connectivity index (χ1) is 12.1. The predicted molar refractivity (Wildman–Crippen MR) is 94.9 cm³/mol. The number of hydrogen-bond donors (Lipinski definition) is 2. The topological polar surface area (TPSA) is 70.2 Å². The zero-order valence-electron chi connectivity index (χ0n) is 14.7. The van der Waals surface area contributed by atoms with Gasteiger partial charge in [-0.1, -0.05) is 0 Å². The number of fused-ring (bicyclic) bond motifs is 3. The molecule has 1 aromatic carbocycles. The molecule has 6 heteroatoms. The first kappa shape index (κ1) is 16.1. The smallest absolute Gasteiger partial charge is 0.251 e. The number of imidazole rings is 1. The molecule has 4 heterocycles. The van der Waals surface area contributed by atoms with E-state index in [9.17, 15) is 4.79 Å². The van der Waals surface area contributed by atoms with E-state index in [1.165, 1.54) is 12.8 Å². The number of aryl methyl sites for hydroxylation is 1. The number of aromatic nitrogens is 2. The third-order valence-corrected chi connectivity index (χ3v) is 5.50. The number of aromatic amines is 1. The number of amides is 1. The van der Waals surface area contributed by atoms with E-state index in [0.717, 1.165) is 18.9 Å². The summed E-state index contributed by atoms with van der Waals surface area (Å²) in [6.07, 6.45) is 4.02. The number of carbonyl (C=O) groups is 1. The number of H-pyrrole nitrogens is 1. The zero-order valence-corrected chi connectivity index (χ0v) is 14.7. The fraction of sp³-hybridized carbons (Fsp3) is 0.474. The minimum Gasteiger partial charge on any atom is -0.439 e. The molecule has 3 saturated heterocycles. The van der Waals surface area contributed by atoms with E-state index in [4.69, 9.17) is 4.74 Å². The fourth-order valence-corrected chi connectivity index (χ4v) is 4.03. The van der Waals surface area contributed by atoms with Crippen molar-refractivity contribution in [2.24, 2.45) is 5.92 Å². The highest BCUT2D eigenvalue weighted by atomic mass is 16.5. The van der Waals surface area contributed by atoms with Gasteiger partial charge in [0.1, 0.15) is 11.6 Å². The molecule has 3 aliphatic rings. The van der Waals surface area contributed by atoms with Crippen molar-refractivity contribution in [1.29, 1.82) is 0 Å². The van der Waals surface area contributed by atoms with Gasteiger partial charge in [0.2, 0.25) is 5.88 Å². The molecule has 6 nitrogen and oxygen atoms in total. The van der Waals surface area contributed by atoms with E-state index in [-0.39, 0.29) is 11.9 Å². The lowest BCUT2D eigenvalue weighted by Crippen LogP contribution is -2.62. The second-order valence-corrected chi connectivity index (χ2v) is 7.07. The molecule has 3 fully saturated rings. The monoisotopic (exact) mass is 340 g/mol. The number of nitrogens with one attached hydrogen (secondary N) is 2. The van der Waals surface area contributed by atoms with Crippen molar-refractivity contribution in [2.75, 3.05) is 13.1 Å². The first-order valence-corrected chi connectivity index (χ1v) is 8.94. The largest absolute Gasteiger partial charge is 0.439 e. The summed E-state index contributed by atoms with van der Waals surface area (Å²) in [4.78, 5) is 22.2. The Labute approximate surface area is 147 Å². The van der Waals surface area contributed by atoms with Gasteiger partial charge in [-0.05, 0) is 70.0 Å². The summed E-state index contributed by atoms with van der Waals surface area (Å²) in [6, 6.07) is 7.90. The molecule has 2 N–H and O–H groups in total. The quantitative estimate of drug-likeness (QED) is 0.898. The van der Waals surface area contributed by atoms with Crippen LogP contribution in [0.4, 0.5) is 0 Å². The lowest BCUT2D eigenvalue weighted by atomic mass is 9.79. The zero-order chi connectivity index (χ0) is 17.4. The molecule has 3 aliphatic heterocycles. The van der Waals surface area contributed by atoms with E-state index in [0.29, 0.717) is 29.2 Å². The maximum absolute atomic E-state index is 12.6. The molecule has 0 spiro atoms. The predicted octanol–water partition coefficient (Wildman–Crippen LogP) is 2.72. The van der Waals surface area contributed by atoms with Gasteiger partial charge in [0.25, 0.3) is 5.91 Å². The van der Waals surface area contributed by atoms with E-state index < -0.39 is 0 Å². The second kappa shape index (κ2) is 6.52. The molecular formula is C19H24N4O2. The van der Waals surface area contributed by atoms with Gasteiger partial charge in [-0.15, -0.1) is 0 Å². The molecule has 132 valence electrons. The number of piperidine rings is 3. The summed E-state index contributed by atoms with van der Waals surface area (Å²) in [5.74, 6) is 2.68. The molecule has 1 amide bonds.